The molecule has 2 heterocycles. The Morgan fingerprint density at radius 1 is 1.24 bits per heavy atom. The third kappa shape index (κ3) is 2.99. The van der Waals surface area contributed by atoms with Crippen molar-refractivity contribution in [1.82, 2.24) is 9.88 Å². The molecule has 0 bridgehead atoms. The van der Waals surface area contributed by atoms with Crippen LogP contribution in [0.5, 0.6) is 0 Å². The van der Waals surface area contributed by atoms with E-state index in [1.807, 2.05) is 47.0 Å². The van der Waals surface area contributed by atoms with Gasteiger partial charge in [0.2, 0.25) is 5.91 Å². The molecule has 1 N–H and O–H groups in total. The molecule has 6 heteroatoms. The van der Waals surface area contributed by atoms with Crippen molar-refractivity contribution >= 4 is 39.3 Å². The Balaban J connectivity index is 1.67. The van der Waals surface area contributed by atoms with Crippen molar-refractivity contribution in [2.24, 2.45) is 0 Å². The zero-order valence-electron chi connectivity index (χ0n) is 13.9. The molecule has 1 aromatic heterocycles. The number of nitrogens with zero attached hydrogens (tertiary/aromatic N) is 1. The Hall–Kier alpha value is -2.08. The number of para-hydroxylation sites is 1. The zero-order valence-corrected chi connectivity index (χ0v) is 14.6. The Morgan fingerprint density at radius 2 is 2.04 bits per heavy atom. The molecule has 3 aromatic rings. The number of benzene rings is 2. The summed E-state index contributed by atoms with van der Waals surface area (Å²) >= 11 is 6.16. The number of nitrogens with one attached hydrogen (secondary N) is 1. The van der Waals surface area contributed by atoms with Crippen LogP contribution >= 0.6 is 11.6 Å². The van der Waals surface area contributed by atoms with E-state index in [1.54, 1.807) is 7.11 Å². The van der Waals surface area contributed by atoms with Crippen LogP contribution in [0.3, 0.4) is 0 Å². The predicted molar refractivity (Wildman–Crippen MR) is 98.0 cm³/mol. The van der Waals surface area contributed by atoms with E-state index in [9.17, 15) is 4.79 Å². The summed E-state index contributed by atoms with van der Waals surface area (Å²) in [7, 11) is 1.63. The maximum Gasteiger partial charge on any atom is 0.240 e. The molecule has 0 radical (unpaired) electrons. The van der Waals surface area contributed by atoms with Gasteiger partial charge in [-0.15, -0.1) is 0 Å². The number of aromatic nitrogens is 1. The fourth-order valence-corrected chi connectivity index (χ4v) is 3.67. The number of hydrogen-bond donors (Lipinski definition) is 1. The van der Waals surface area contributed by atoms with Gasteiger partial charge in [-0.1, -0.05) is 29.8 Å². The largest absolute Gasteiger partial charge is 0.377 e. The summed E-state index contributed by atoms with van der Waals surface area (Å²) in [5.41, 5.74) is 2.01. The van der Waals surface area contributed by atoms with Gasteiger partial charge in [0.25, 0.3) is 0 Å². The average Bonchev–Trinajstić information content (AvgIpc) is 3.18. The third-order valence-corrected chi connectivity index (χ3v) is 4.95. The van der Waals surface area contributed by atoms with E-state index in [0.29, 0.717) is 18.2 Å². The second-order valence-electron chi connectivity index (χ2n) is 6.25. The molecule has 2 atom stereocenters. The second kappa shape index (κ2) is 6.67. The molecular formula is C19H19ClN2O3. The van der Waals surface area contributed by atoms with E-state index in [4.69, 9.17) is 21.1 Å². The van der Waals surface area contributed by atoms with E-state index >= 15 is 0 Å². The molecule has 0 saturated carbocycles. The van der Waals surface area contributed by atoms with Crippen LogP contribution in [0.15, 0.2) is 42.5 Å². The van der Waals surface area contributed by atoms with E-state index in [1.165, 1.54) is 0 Å². The summed E-state index contributed by atoms with van der Waals surface area (Å²) in [5, 5.41) is 5.85. The minimum Gasteiger partial charge on any atom is -0.377 e. The lowest BCUT2D eigenvalue weighted by molar-refractivity contribution is -0.122. The first-order chi connectivity index (χ1) is 12.2. The van der Waals surface area contributed by atoms with Crippen molar-refractivity contribution in [3.05, 3.63) is 47.5 Å². The topological polar surface area (TPSA) is 52.5 Å². The van der Waals surface area contributed by atoms with Crippen molar-refractivity contribution in [2.75, 3.05) is 20.3 Å². The summed E-state index contributed by atoms with van der Waals surface area (Å²) < 4.78 is 12.8. The summed E-state index contributed by atoms with van der Waals surface area (Å²) in [6, 6.07) is 13.7. The van der Waals surface area contributed by atoms with Crippen molar-refractivity contribution in [1.29, 1.82) is 0 Å². The van der Waals surface area contributed by atoms with E-state index in [-0.39, 0.29) is 24.6 Å². The number of amides is 1. The summed E-state index contributed by atoms with van der Waals surface area (Å²) in [6.07, 6.45) is -0.0964. The second-order valence-corrected chi connectivity index (χ2v) is 6.69. The number of hydrogen-bond acceptors (Lipinski definition) is 3. The molecule has 4 rings (SSSR count). The van der Waals surface area contributed by atoms with Gasteiger partial charge in [0.1, 0.15) is 12.6 Å². The van der Waals surface area contributed by atoms with Gasteiger partial charge in [0.05, 0.1) is 19.3 Å². The SMILES string of the molecule is CO[C@H]1COC[C@@H]1NC(=O)Cn1c2ccccc2c2cc(Cl)ccc21. The van der Waals surface area contributed by atoms with Gasteiger partial charge in [-0.2, -0.15) is 0 Å². The van der Waals surface area contributed by atoms with Crippen LogP contribution in [0.2, 0.25) is 5.02 Å². The van der Waals surface area contributed by atoms with Crippen LogP contribution < -0.4 is 5.32 Å². The fraction of sp³-hybridized carbons (Fsp3) is 0.316. The highest BCUT2D eigenvalue weighted by atomic mass is 35.5. The predicted octanol–water partition coefficient (Wildman–Crippen LogP) is 2.98. The third-order valence-electron chi connectivity index (χ3n) is 4.71. The van der Waals surface area contributed by atoms with Crippen molar-refractivity contribution in [3.63, 3.8) is 0 Å². The lowest BCUT2D eigenvalue weighted by Gasteiger charge is -2.18. The first-order valence-electron chi connectivity index (χ1n) is 8.24. The van der Waals surface area contributed by atoms with Crippen molar-refractivity contribution < 1.29 is 14.3 Å². The quantitative estimate of drug-likeness (QED) is 0.780. The molecule has 25 heavy (non-hydrogen) atoms. The first kappa shape index (κ1) is 16.4. The van der Waals surface area contributed by atoms with Crippen LogP contribution in [0.25, 0.3) is 21.8 Å². The lowest BCUT2D eigenvalue weighted by Crippen LogP contribution is -2.44. The number of fused-ring (bicyclic) bond motifs is 3. The molecule has 2 aromatic carbocycles. The highest BCUT2D eigenvalue weighted by Gasteiger charge is 2.29. The fourth-order valence-electron chi connectivity index (χ4n) is 3.49. The van der Waals surface area contributed by atoms with Gasteiger partial charge >= 0.3 is 0 Å². The van der Waals surface area contributed by atoms with Gasteiger partial charge < -0.3 is 19.4 Å². The monoisotopic (exact) mass is 358 g/mol. The molecule has 130 valence electrons. The molecule has 0 spiro atoms. The minimum absolute atomic E-state index is 0.0600. The lowest BCUT2D eigenvalue weighted by atomic mass is 10.2. The van der Waals surface area contributed by atoms with Crippen LogP contribution in [0, 0.1) is 0 Å². The van der Waals surface area contributed by atoms with Gasteiger partial charge in [0.15, 0.2) is 0 Å². The zero-order chi connectivity index (χ0) is 17.4. The number of ether oxygens (including phenoxy) is 2. The maximum atomic E-state index is 12.6. The number of carbonyl (C=O) groups excluding carboxylic acids is 1. The van der Waals surface area contributed by atoms with Gasteiger partial charge in [-0.3, -0.25) is 4.79 Å². The van der Waals surface area contributed by atoms with Gasteiger partial charge in [0, 0.05) is 33.9 Å². The molecule has 1 aliphatic heterocycles. The Kier molecular flexibility index (Phi) is 4.37. The van der Waals surface area contributed by atoms with Crippen LogP contribution in [-0.4, -0.2) is 42.9 Å². The number of carbonyl (C=O) groups is 1. The van der Waals surface area contributed by atoms with E-state index in [2.05, 4.69) is 5.32 Å². The normalized spacial score (nSPS) is 20.4. The summed E-state index contributed by atoms with van der Waals surface area (Å²) in [6.45, 7) is 1.22. The smallest absolute Gasteiger partial charge is 0.240 e. The minimum atomic E-state index is -0.111. The standard InChI is InChI=1S/C19H19ClN2O3/c1-24-18-11-25-10-15(18)21-19(23)9-22-16-5-3-2-4-13(16)14-8-12(20)6-7-17(14)22/h2-8,15,18H,9-11H2,1H3,(H,21,23)/t15-,18-/m0/s1. The molecular weight excluding hydrogens is 340 g/mol. The van der Waals surface area contributed by atoms with Gasteiger partial charge in [-0.05, 0) is 24.3 Å². The highest BCUT2D eigenvalue weighted by Crippen LogP contribution is 2.30. The molecule has 1 fully saturated rings. The van der Waals surface area contributed by atoms with E-state index < -0.39 is 0 Å². The average molecular weight is 359 g/mol. The summed E-state index contributed by atoms with van der Waals surface area (Å²) in [4.78, 5) is 12.6. The van der Waals surface area contributed by atoms with Crippen LogP contribution in [0.4, 0.5) is 0 Å². The van der Waals surface area contributed by atoms with Crippen molar-refractivity contribution in [2.45, 2.75) is 18.7 Å². The van der Waals surface area contributed by atoms with Crippen molar-refractivity contribution in [3.8, 4) is 0 Å². The Bertz CT molecular complexity index is 937. The number of halogens is 1. The molecule has 5 nitrogen and oxygen atoms in total. The number of methoxy groups -OCH3 is 1. The Labute approximate surface area is 150 Å². The van der Waals surface area contributed by atoms with Crippen LogP contribution in [0.1, 0.15) is 0 Å². The van der Waals surface area contributed by atoms with E-state index in [0.717, 1.165) is 21.8 Å². The molecule has 0 aliphatic carbocycles. The molecule has 1 amide bonds. The maximum absolute atomic E-state index is 12.6. The van der Waals surface area contributed by atoms with Crippen LogP contribution in [-0.2, 0) is 20.8 Å². The highest BCUT2D eigenvalue weighted by molar-refractivity contribution is 6.31. The Morgan fingerprint density at radius 3 is 2.88 bits per heavy atom. The number of rotatable bonds is 4. The van der Waals surface area contributed by atoms with Gasteiger partial charge in [-0.25, -0.2) is 0 Å². The first-order valence-corrected chi connectivity index (χ1v) is 8.61. The molecule has 1 saturated heterocycles. The molecule has 1 aliphatic rings. The molecule has 0 unspecified atom stereocenters. The summed E-state index contributed by atoms with van der Waals surface area (Å²) in [5.74, 6) is -0.0600.